The van der Waals surface area contributed by atoms with Crippen LogP contribution in [0.5, 0.6) is 0 Å². The van der Waals surface area contributed by atoms with Gasteiger partial charge in [-0.25, -0.2) is 19.2 Å². The molecular weight excluding hydrogens is 300 g/mol. The van der Waals surface area contributed by atoms with E-state index in [1.807, 2.05) is 6.92 Å². The minimum absolute atomic E-state index is 0.359. The highest BCUT2D eigenvalue weighted by Gasteiger charge is 2.29. The summed E-state index contributed by atoms with van der Waals surface area (Å²) in [4.78, 5) is 43.6. The van der Waals surface area contributed by atoms with Gasteiger partial charge in [-0.15, -0.1) is 0 Å². The first kappa shape index (κ1) is 14.6. The van der Waals surface area contributed by atoms with E-state index in [4.69, 9.17) is 0 Å². The number of aryl methyl sites for hydroxylation is 1. The smallest absolute Gasteiger partial charge is 0.346 e. The van der Waals surface area contributed by atoms with Crippen molar-refractivity contribution >= 4 is 23.9 Å². The van der Waals surface area contributed by atoms with Crippen molar-refractivity contribution in [3.63, 3.8) is 0 Å². The first-order chi connectivity index (χ1) is 11.0. The topological polar surface area (TPSA) is 86.7 Å². The summed E-state index contributed by atoms with van der Waals surface area (Å²) in [7, 11) is 0. The number of carbonyl (C=O) groups is 4. The Kier molecular flexibility index (Phi) is 3.50. The molecule has 0 fully saturated rings. The molecule has 4 rings (SSSR count). The third-order valence-electron chi connectivity index (χ3n) is 3.35. The van der Waals surface area contributed by atoms with Crippen LogP contribution in [0.2, 0.25) is 0 Å². The van der Waals surface area contributed by atoms with E-state index in [0.29, 0.717) is 22.3 Å². The Bertz CT molecular complexity index is 832. The maximum atomic E-state index is 11.0. The molecule has 0 atom stereocenters. The van der Waals surface area contributed by atoms with Crippen LogP contribution in [0.3, 0.4) is 0 Å². The van der Waals surface area contributed by atoms with E-state index in [1.165, 1.54) is 0 Å². The van der Waals surface area contributed by atoms with Gasteiger partial charge in [-0.2, -0.15) is 0 Å². The van der Waals surface area contributed by atoms with E-state index in [1.54, 1.807) is 42.5 Å². The van der Waals surface area contributed by atoms with Crippen LogP contribution in [0.4, 0.5) is 0 Å². The normalized spacial score (nSPS) is 14.5. The van der Waals surface area contributed by atoms with Crippen LogP contribution in [-0.4, -0.2) is 23.9 Å². The van der Waals surface area contributed by atoms with E-state index in [9.17, 15) is 19.2 Å². The lowest BCUT2D eigenvalue weighted by Gasteiger charge is -1.92. The molecule has 0 radical (unpaired) electrons. The molecule has 2 aromatic rings. The summed E-state index contributed by atoms with van der Waals surface area (Å²) in [6.07, 6.45) is 0. The maximum Gasteiger partial charge on any atom is 0.346 e. The predicted molar refractivity (Wildman–Crippen MR) is 77.1 cm³/mol. The molecule has 2 heterocycles. The number of fused-ring (bicyclic) bond motifs is 2. The summed E-state index contributed by atoms with van der Waals surface area (Å²) >= 11 is 0. The first-order valence-electron chi connectivity index (χ1n) is 6.70. The molecule has 6 nitrogen and oxygen atoms in total. The second kappa shape index (κ2) is 5.49. The van der Waals surface area contributed by atoms with Crippen molar-refractivity contribution < 1.29 is 28.7 Å². The van der Waals surface area contributed by atoms with Gasteiger partial charge in [0, 0.05) is 0 Å². The molecule has 0 aromatic heterocycles. The lowest BCUT2D eigenvalue weighted by molar-refractivity contribution is 0.0425. The fraction of sp³-hybridized carbons (Fsp3) is 0.0588. The molecule has 0 saturated carbocycles. The number of carbonyl (C=O) groups excluding carboxylic acids is 4. The van der Waals surface area contributed by atoms with Crippen LogP contribution < -0.4 is 0 Å². The van der Waals surface area contributed by atoms with Gasteiger partial charge in [0.1, 0.15) is 0 Å². The van der Waals surface area contributed by atoms with Crippen molar-refractivity contribution in [2.45, 2.75) is 6.92 Å². The van der Waals surface area contributed by atoms with Gasteiger partial charge in [0.05, 0.1) is 22.3 Å². The van der Waals surface area contributed by atoms with E-state index in [2.05, 4.69) is 9.47 Å². The fourth-order valence-electron chi connectivity index (χ4n) is 2.23. The third kappa shape index (κ3) is 2.62. The second-order valence-electron chi connectivity index (χ2n) is 4.95. The Morgan fingerprint density at radius 1 is 0.609 bits per heavy atom. The number of ether oxygens (including phenoxy) is 2. The molecule has 0 N–H and O–H groups in total. The molecule has 0 amide bonds. The summed E-state index contributed by atoms with van der Waals surface area (Å²) in [6, 6.07) is 11.6. The number of hydrogen-bond acceptors (Lipinski definition) is 6. The van der Waals surface area contributed by atoms with Gasteiger partial charge < -0.3 is 9.47 Å². The van der Waals surface area contributed by atoms with Crippen LogP contribution in [0.25, 0.3) is 0 Å². The summed E-state index contributed by atoms with van der Waals surface area (Å²) in [5.41, 5.74) is 2.40. The highest BCUT2D eigenvalue weighted by molar-refractivity contribution is 6.15. The standard InChI is InChI=1S/C9H6O3.C8H4O3/c1-5-2-3-6-7(4-5)9(11)12-8(6)10;9-7-5-3-1-2-4-6(5)8(10)11-7/h2-4H,1H3;1-4H. The lowest BCUT2D eigenvalue weighted by Crippen LogP contribution is -1.96. The average Bonchev–Trinajstić information content (AvgIpc) is 2.97. The summed E-state index contributed by atoms with van der Waals surface area (Å²) in [5.74, 6) is -2.19. The molecule has 2 aromatic carbocycles. The monoisotopic (exact) mass is 310 g/mol. The van der Waals surface area contributed by atoms with E-state index in [0.717, 1.165) is 5.56 Å². The molecule has 23 heavy (non-hydrogen) atoms. The third-order valence-corrected chi connectivity index (χ3v) is 3.35. The van der Waals surface area contributed by atoms with Crippen LogP contribution in [0.15, 0.2) is 42.5 Å². The molecule has 0 unspecified atom stereocenters. The van der Waals surface area contributed by atoms with E-state index >= 15 is 0 Å². The molecule has 0 saturated heterocycles. The van der Waals surface area contributed by atoms with Crippen molar-refractivity contribution in [2.24, 2.45) is 0 Å². The number of hydrogen-bond donors (Lipinski definition) is 0. The van der Waals surface area contributed by atoms with Gasteiger partial charge in [0.25, 0.3) is 0 Å². The van der Waals surface area contributed by atoms with Gasteiger partial charge in [-0.05, 0) is 31.2 Å². The highest BCUT2D eigenvalue weighted by Crippen LogP contribution is 2.20. The predicted octanol–water partition coefficient (Wildman–Crippen LogP) is 2.30. The van der Waals surface area contributed by atoms with Gasteiger partial charge in [-0.3, -0.25) is 0 Å². The molecule has 114 valence electrons. The highest BCUT2D eigenvalue weighted by atomic mass is 16.6. The van der Waals surface area contributed by atoms with Gasteiger partial charge in [0.15, 0.2) is 0 Å². The molecule has 0 spiro atoms. The Morgan fingerprint density at radius 2 is 1.04 bits per heavy atom. The average molecular weight is 310 g/mol. The van der Waals surface area contributed by atoms with E-state index in [-0.39, 0.29) is 0 Å². The molecule has 2 aliphatic rings. The number of esters is 4. The Hall–Kier alpha value is -3.28. The van der Waals surface area contributed by atoms with Crippen LogP contribution in [0.1, 0.15) is 47.0 Å². The van der Waals surface area contributed by atoms with Crippen LogP contribution >= 0.6 is 0 Å². The van der Waals surface area contributed by atoms with Crippen molar-refractivity contribution in [1.29, 1.82) is 0 Å². The lowest BCUT2D eigenvalue weighted by atomic mass is 10.1. The van der Waals surface area contributed by atoms with E-state index < -0.39 is 23.9 Å². The zero-order valence-electron chi connectivity index (χ0n) is 12.0. The largest absolute Gasteiger partial charge is 0.386 e. The SMILES string of the molecule is Cc1ccc2c(c1)C(=O)OC2=O.O=C1OC(=O)c2ccccc21. The summed E-state index contributed by atoms with van der Waals surface area (Å²) < 4.78 is 8.76. The van der Waals surface area contributed by atoms with Gasteiger partial charge in [0.2, 0.25) is 0 Å². The van der Waals surface area contributed by atoms with Crippen molar-refractivity contribution in [3.05, 3.63) is 70.3 Å². The zero-order chi connectivity index (χ0) is 16.6. The minimum Gasteiger partial charge on any atom is -0.386 e. The number of benzene rings is 2. The molecule has 2 aliphatic heterocycles. The number of rotatable bonds is 0. The Morgan fingerprint density at radius 3 is 1.57 bits per heavy atom. The number of cyclic esters (lactones) is 4. The van der Waals surface area contributed by atoms with Crippen molar-refractivity contribution in [2.75, 3.05) is 0 Å². The molecule has 0 bridgehead atoms. The van der Waals surface area contributed by atoms with Crippen LogP contribution in [-0.2, 0) is 9.47 Å². The quantitative estimate of drug-likeness (QED) is 0.548. The first-order valence-corrected chi connectivity index (χ1v) is 6.70. The van der Waals surface area contributed by atoms with Gasteiger partial charge in [-0.1, -0.05) is 23.8 Å². The van der Waals surface area contributed by atoms with Crippen molar-refractivity contribution in [3.8, 4) is 0 Å². The van der Waals surface area contributed by atoms with Crippen LogP contribution in [0, 0.1) is 6.92 Å². The van der Waals surface area contributed by atoms with Gasteiger partial charge >= 0.3 is 23.9 Å². The molecule has 6 heteroatoms. The molecular formula is C17H10O6. The maximum absolute atomic E-state index is 11.0. The zero-order valence-corrected chi connectivity index (χ0v) is 12.0. The Balaban J connectivity index is 0.000000136. The summed E-state index contributed by atoms with van der Waals surface area (Å²) in [6.45, 7) is 1.86. The Labute approximate surface area is 130 Å². The molecule has 0 aliphatic carbocycles. The minimum atomic E-state index is -0.550. The summed E-state index contributed by atoms with van der Waals surface area (Å²) in [5, 5.41) is 0. The fourth-order valence-corrected chi connectivity index (χ4v) is 2.23. The van der Waals surface area contributed by atoms with Crippen molar-refractivity contribution in [1.82, 2.24) is 0 Å². The second-order valence-corrected chi connectivity index (χ2v) is 4.95.